The number of amides is 1. The van der Waals surface area contributed by atoms with Crippen LogP contribution in [0.25, 0.3) is 0 Å². The van der Waals surface area contributed by atoms with E-state index < -0.39 is 17.6 Å². The molecule has 0 bridgehead atoms. The number of carboxylic acid groups (broad SMARTS) is 1. The van der Waals surface area contributed by atoms with Crippen LogP contribution in [0.3, 0.4) is 0 Å². The van der Waals surface area contributed by atoms with E-state index in [-0.39, 0.29) is 6.42 Å². The molecular formula is C21H36N4O4. The molecule has 1 amide bonds. The molecule has 0 aliphatic rings. The number of carbonyl (C=O) groups is 2. The Morgan fingerprint density at radius 2 is 2.03 bits per heavy atom. The molecule has 0 saturated carbocycles. The van der Waals surface area contributed by atoms with Gasteiger partial charge in [-0.2, -0.15) is 0 Å². The summed E-state index contributed by atoms with van der Waals surface area (Å²) >= 11 is 0. The standard InChI is InChI=1S/C21H36N4O4/c1-5-16-9-10-17(24-19(16)22-4)8-6-7-12-25(14-21(2,3)29)13-11-18(20(27)28)23-15-26/h9-10,15,18,29H,5-8,11-14H2,1-4H3,(H,22,24)(H,23,26)(H,27,28). The fraction of sp³-hybridized carbons (Fsp3) is 0.667. The molecule has 0 radical (unpaired) electrons. The van der Waals surface area contributed by atoms with Crippen molar-refractivity contribution in [3.05, 3.63) is 23.4 Å². The molecule has 1 rings (SSSR count). The molecule has 0 spiro atoms. The minimum atomic E-state index is -1.05. The van der Waals surface area contributed by atoms with E-state index in [1.165, 1.54) is 5.56 Å². The smallest absolute Gasteiger partial charge is 0.326 e. The second kappa shape index (κ2) is 12.4. The van der Waals surface area contributed by atoms with E-state index in [4.69, 9.17) is 5.11 Å². The minimum Gasteiger partial charge on any atom is -0.480 e. The molecule has 0 fully saturated rings. The van der Waals surface area contributed by atoms with Crippen LogP contribution in [0.5, 0.6) is 0 Å². The van der Waals surface area contributed by atoms with Crippen molar-refractivity contribution in [2.45, 2.75) is 64.5 Å². The summed E-state index contributed by atoms with van der Waals surface area (Å²) in [6.45, 7) is 7.23. The number of hydrogen-bond donors (Lipinski definition) is 4. The molecule has 8 heteroatoms. The molecule has 1 atom stereocenters. The molecule has 1 unspecified atom stereocenters. The van der Waals surface area contributed by atoms with Crippen LogP contribution in [0.1, 0.15) is 51.3 Å². The Kier molecular flexibility index (Phi) is 10.6. The third-order valence-electron chi connectivity index (χ3n) is 4.72. The number of unbranched alkanes of at least 4 members (excludes halogenated alkanes) is 1. The van der Waals surface area contributed by atoms with E-state index in [1.807, 2.05) is 7.05 Å². The maximum Gasteiger partial charge on any atom is 0.326 e. The molecule has 0 aliphatic carbocycles. The third kappa shape index (κ3) is 9.71. The van der Waals surface area contributed by atoms with Gasteiger partial charge in [0.05, 0.1) is 5.60 Å². The second-order valence-corrected chi connectivity index (χ2v) is 7.92. The molecule has 0 aliphatic heterocycles. The SMILES string of the molecule is CCc1ccc(CCCCN(CCC(NC=O)C(=O)O)CC(C)(C)O)nc1NC. The second-order valence-electron chi connectivity index (χ2n) is 7.92. The van der Waals surface area contributed by atoms with Crippen molar-refractivity contribution in [2.24, 2.45) is 0 Å². The largest absolute Gasteiger partial charge is 0.480 e. The normalized spacial score (nSPS) is 12.6. The number of carbonyl (C=O) groups excluding carboxylic acids is 1. The fourth-order valence-electron chi connectivity index (χ4n) is 3.30. The van der Waals surface area contributed by atoms with E-state index in [1.54, 1.807) is 13.8 Å². The van der Waals surface area contributed by atoms with Crippen molar-refractivity contribution in [1.82, 2.24) is 15.2 Å². The highest BCUT2D eigenvalue weighted by Crippen LogP contribution is 2.15. The first kappa shape index (κ1) is 24.8. The highest BCUT2D eigenvalue weighted by atomic mass is 16.4. The Hall–Kier alpha value is -2.19. The lowest BCUT2D eigenvalue weighted by Crippen LogP contribution is -2.43. The van der Waals surface area contributed by atoms with Gasteiger partial charge in [0.2, 0.25) is 6.41 Å². The molecular weight excluding hydrogens is 372 g/mol. The highest BCUT2D eigenvalue weighted by molar-refractivity contribution is 5.76. The Balaban J connectivity index is 2.57. The van der Waals surface area contributed by atoms with E-state index in [2.05, 4.69) is 39.6 Å². The van der Waals surface area contributed by atoms with Crippen LogP contribution in [0.2, 0.25) is 0 Å². The molecule has 29 heavy (non-hydrogen) atoms. The number of aromatic nitrogens is 1. The molecule has 1 aromatic rings. The Morgan fingerprint density at radius 3 is 2.59 bits per heavy atom. The average Bonchev–Trinajstić information content (AvgIpc) is 2.66. The Morgan fingerprint density at radius 1 is 1.31 bits per heavy atom. The van der Waals surface area contributed by atoms with E-state index in [0.717, 1.165) is 43.7 Å². The number of rotatable bonds is 15. The summed E-state index contributed by atoms with van der Waals surface area (Å²) in [5.74, 6) is -0.127. The van der Waals surface area contributed by atoms with Crippen LogP contribution in [0.4, 0.5) is 5.82 Å². The van der Waals surface area contributed by atoms with Crippen molar-refractivity contribution < 1.29 is 19.8 Å². The monoisotopic (exact) mass is 408 g/mol. The number of aliphatic hydroxyl groups is 1. The maximum absolute atomic E-state index is 11.2. The van der Waals surface area contributed by atoms with Crippen LogP contribution in [-0.4, -0.2) is 70.8 Å². The summed E-state index contributed by atoms with van der Waals surface area (Å²) in [6, 6.07) is 3.26. The zero-order valence-corrected chi connectivity index (χ0v) is 18.1. The molecule has 8 nitrogen and oxygen atoms in total. The van der Waals surface area contributed by atoms with Crippen molar-refractivity contribution in [2.75, 3.05) is 32.0 Å². The van der Waals surface area contributed by atoms with Gasteiger partial charge in [-0.3, -0.25) is 4.79 Å². The van der Waals surface area contributed by atoms with Crippen LogP contribution < -0.4 is 10.6 Å². The van der Waals surface area contributed by atoms with Gasteiger partial charge in [-0.25, -0.2) is 9.78 Å². The topological polar surface area (TPSA) is 115 Å². The van der Waals surface area contributed by atoms with E-state index >= 15 is 0 Å². The molecule has 1 aromatic heterocycles. The van der Waals surface area contributed by atoms with Crippen LogP contribution in [0.15, 0.2) is 12.1 Å². The van der Waals surface area contributed by atoms with Crippen molar-refractivity contribution in [3.63, 3.8) is 0 Å². The third-order valence-corrected chi connectivity index (χ3v) is 4.72. The summed E-state index contributed by atoms with van der Waals surface area (Å²) < 4.78 is 0. The average molecular weight is 409 g/mol. The van der Waals surface area contributed by atoms with Crippen molar-refractivity contribution >= 4 is 18.2 Å². The predicted molar refractivity (Wildman–Crippen MR) is 114 cm³/mol. The molecule has 164 valence electrons. The van der Waals surface area contributed by atoms with Gasteiger partial charge in [-0.05, 0) is 64.1 Å². The predicted octanol–water partition coefficient (Wildman–Crippen LogP) is 1.67. The van der Waals surface area contributed by atoms with Crippen LogP contribution >= 0.6 is 0 Å². The van der Waals surface area contributed by atoms with Crippen molar-refractivity contribution in [1.29, 1.82) is 0 Å². The first-order valence-corrected chi connectivity index (χ1v) is 10.2. The number of aliphatic carboxylic acids is 1. The molecule has 4 N–H and O–H groups in total. The van der Waals surface area contributed by atoms with Crippen molar-refractivity contribution in [3.8, 4) is 0 Å². The van der Waals surface area contributed by atoms with Gasteiger partial charge in [0, 0.05) is 25.8 Å². The number of carboxylic acids is 1. The lowest BCUT2D eigenvalue weighted by molar-refractivity contribution is -0.140. The molecule has 0 saturated heterocycles. The highest BCUT2D eigenvalue weighted by Gasteiger charge is 2.21. The number of aryl methyl sites for hydroxylation is 2. The summed E-state index contributed by atoms with van der Waals surface area (Å²) in [4.78, 5) is 28.5. The van der Waals surface area contributed by atoms with Crippen LogP contribution in [0, 0.1) is 0 Å². The number of anilines is 1. The maximum atomic E-state index is 11.2. The molecule has 1 heterocycles. The van der Waals surface area contributed by atoms with Gasteiger partial charge in [-0.15, -0.1) is 0 Å². The number of nitrogens with zero attached hydrogens (tertiary/aromatic N) is 2. The molecule has 0 aromatic carbocycles. The number of hydrogen-bond acceptors (Lipinski definition) is 6. The number of pyridine rings is 1. The van der Waals surface area contributed by atoms with Gasteiger partial charge in [0.1, 0.15) is 11.9 Å². The summed E-state index contributed by atoms with van der Waals surface area (Å²) in [5, 5.41) is 24.8. The Labute approximate surface area is 173 Å². The van der Waals surface area contributed by atoms with E-state index in [9.17, 15) is 14.7 Å². The Bertz CT molecular complexity index is 646. The van der Waals surface area contributed by atoms with Gasteiger partial charge < -0.3 is 25.7 Å². The van der Waals surface area contributed by atoms with Gasteiger partial charge in [0.25, 0.3) is 0 Å². The zero-order chi connectivity index (χ0) is 21.9. The van der Waals surface area contributed by atoms with Crippen LogP contribution in [-0.2, 0) is 22.4 Å². The minimum absolute atomic E-state index is 0.287. The van der Waals surface area contributed by atoms with E-state index in [0.29, 0.717) is 19.5 Å². The lowest BCUT2D eigenvalue weighted by atomic mass is 10.1. The van der Waals surface area contributed by atoms with Gasteiger partial charge >= 0.3 is 5.97 Å². The first-order valence-electron chi connectivity index (χ1n) is 10.2. The fourth-order valence-corrected chi connectivity index (χ4v) is 3.30. The lowest BCUT2D eigenvalue weighted by Gasteiger charge is -2.29. The summed E-state index contributed by atoms with van der Waals surface area (Å²) in [6.07, 6.45) is 4.34. The summed E-state index contributed by atoms with van der Waals surface area (Å²) in [5.41, 5.74) is 1.36. The zero-order valence-electron chi connectivity index (χ0n) is 18.1. The summed E-state index contributed by atoms with van der Waals surface area (Å²) in [7, 11) is 1.88. The quantitative estimate of drug-likeness (QED) is 0.258. The first-order chi connectivity index (χ1) is 13.7. The van der Waals surface area contributed by atoms with Gasteiger partial charge in [-0.1, -0.05) is 13.0 Å². The van der Waals surface area contributed by atoms with Gasteiger partial charge in [0.15, 0.2) is 0 Å². The number of nitrogens with one attached hydrogen (secondary N) is 2.